The van der Waals surface area contributed by atoms with Crippen molar-refractivity contribution in [2.45, 2.75) is 90.4 Å². The lowest BCUT2D eigenvalue weighted by Gasteiger charge is -2.32. The van der Waals surface area contributed by atoms with Crippen molar-refractivity contribution in [1.82, 2.24) is 0 Å². The molecule has 0 aromatic heterocycles. The van der Waals surface area contributed by atoms with E-state index in [1.165, 1.54) is 37.3 Å². The van der Waals surface area contributed by atoms with E-state index in [1.807, 2.05) is 0 Å². The summed E-state index contributed by atoms with van der Waals surface area (Å²) in [5.74, 6) is 0.728. The summed E-state index contributed by atoms with van der Waals surface area (Å²) in [7, 11) is -1.89. The van der Waals surface area contributed by atoms with Crippen LogP contribution >= 0.6 is 0 Å². The average Bonchev–Trinajstić information content (AvgIpc) is 2.82. The van der Waals surface area contributed by atoms with Gasteiger partial charge in [-0.25, -0.2) is 0 Å². The van der Waals surface area contributed by atoms with Crippen molar-refractivity contribution < 1.29 is 9.31 Å². The Morgan fingerprint density at radius 1 is 1.00 bits per heavy atom. The summed E-state index contributed by atoms with van der Waals surface area (Å²) in [5, 5.41) is 3.10. The Bertz CT molecular complexity index is 644. The maximum atomic E-state index is 6.37. The minimum Gasteiger partial charge on any atom is -0.403 e. The van der Waals surface area contributed by atoms with Crippen LogP contribution in [0, 0.1) is 5.92 Å². The zero-order chi connectivity index (χ0) is 19.7. The van der Waals surface area contributed by atoms with Gasteiger partial charge < -0.3 is 9.31 Å². The lowest BCUT2D eigenvalue weighted by molar-refractivity contribution is 0.00578. The third kappa shape index (κ3) is 4.60. The molecule has 0 bridgehead atoms. The van der Waals surface area contributed by atoms with Gasteiger partial charge in [0.15, 0.2) is 0 Å². The Kier molecular flexibility index (Phi) is 6.10. The lowest BCUT2D eigenvalue weighted by atomic mass is 9.82. The Hall–Kier alpha value is -0.838. The third-order valence-corrected chi connectivity index (χ3v) is 10.8. The zero-order valence-corrected chi connectivity index (χ0v) is 19.2. The normalized spacial score (nSPS) is 23.6. The van der Waals surface area contributed by atoms with Gasteiger partial charge in [-0.1, -0.05) is 79.1 Å². The standard InChI is InChI=1S/C23H37BO2Si/c1-22(2)23(3,4)26-24(25-22)18-21(17-19-13-9-7-10-14-19)27(5,6)20-15-11-8-12-16-20/h8,11-12,15-17,19H,7,9-10,13-14,18H2,1-6H3/b21-17-. The molecule has 0 spiro atoms. The van der Waals surface area contributed by atoms with Crippen LogP contribution in [-0.2, 0) is 9.31 Å². The molecule has 1 aliphatic carbocycles. The van der Waals surface area contributed by atoms with Gasteiger partial charge in [-0.05, 0) is 46.5 Å². The van der Waals surface area contributed by atoms with E-state index >= 15 is 0 Å². The molecule has 1 saturated carbocycles. The van der Waals surface area contributed by atoms with Gasteiger partial charge in [-0.2, -0.15) is 0 Å². The van der Waals surface area contributed by atoms with Crippen LogP contribution in [0.15, 0.2) is 41.6 Å². The smallest absolute Gasteiger partial charge is 0.403 e. The Balaban J connectivity index is 1.88. The number of hydrogen-bond acceptors (Lipinski definition) is 2. The Labute approximate surface area is 167 Å². The van der Waals surface area contributed by atoms with Gasteiger partial charge in [0, 0.05) is 6.32 Å². The van der Waals surface area contributed by atoms with Crippen molar-refractivity contribution in [2.75, 3.05) is 0 Å². The third-order valence-electron chi connectivity index (χ3n) is 7.07. The first kappa shape index (κ1) is 20.9. The van der Waals surface area contributed by atoms with Crippen LogP contribution in [0.2, 0.25) is 19.4 Å². The minimum atomic E-state index is -1.75. The van der Waals surface area contributed by atoms with Gasteiger partial charge >= 0.3 is 7.12 Å². The molecule has 4 heteroatoms. The first-order valence-corrected chi connectivity index (χ1v) is 13.7. The molecular formula is C23H37BO2Si. The fourth-order valence-electron chi connectivity index (χ4n) is 4.39. The fourth-order valence-corrected chi connectivity index (χ4v) is 7.11. The first-order valence-electron chi connectivity index (χ1n) is 10.7. The highest BCUT2D eigenvalue weighted by atomic mass is 28.3. The van der Waals surface area contributed by atoms with E-state index < -0.39 is 8.07 Å². The predicted molar refractivity (Wildman–Crippen MR) is 119 cm³/mol. The summed E-state index contributed by atoms with van der Waals surface area (Å²) in [6.07, 6.45) is 10.4. The molecule has 0 atom stereocenters. The van der Waals surface area contributed by atoms with Gasteiger partial charge in [0.25, 0.3) is 0 Å². The van der Waals surface area contributed by atoms with Crippen LogP contribution in [0.4, 0.5) is 0 Å². The van der Waals surface area contributed by atoms with Crippen molar-refractivity contribution in [3.63, 3.8) is 0 Å². The monoisotopic (exact) mass is 384 g/mol. The van der Waals surface area contributed by atoms with E-state index in [-0.39, 0.29) is 18.3 Å². The van der Waals surface area contributed by atoms with Crippen molar-refractivity contribution in [3.05, 3.63) is 41.6 Å². The van der Waals surface area contributed by atoms with Gasteiger partial charge in [0.2, 0.25) is 0 Å². The fraction of sp³-hybridized carbons (Fsp3) is 0.652. The summed E-state index contributed by atoms with van der Waals surface area (Å²) in [6.45, 7) is 13.6. The summed E-state index contributed by atoms with van der Waals surface area (Å²) in [6, 6.07) is 11.1. The highest BCUT2D eigenvalue weighted by Gasteiger charge is 2.51. The van der Waals surface area contributed by atoms with E-state index in [0.717, 1.165) is 12.2 Å². The minimum absolute atomic E-state index is 0.139. The van der Waals surface area contributed by atoms with Gasteiger partial charge in [0.1, 0.15) is 8.07 Å². The van der Waals surface area contributed by atoms with Gasteiger partial charge in [-0.3, -0.25) is 0 Å². The molecule has 148 valence electrons. The second-order valence-corrected chi connectivity index (χ2v) is 14.4. The SMILES string of the molecule is CC1(C)OB(C/C(=C/C2CCCCC2)[Si](C)(C)c2ccccc2)OC1(C)C. The topological polar surface area (TPSA) is 18.5 Å². The van der Waals surface area contributed by atoms with E-state index in [9.17, 15) is 0 Å². The van der Waals surface area contributed by atoms with E-state index in [1.54, 1.807) is 5.20 Å². The van der Waals surface area contributed by atoms with Gasteiger partial charge in [0.05, 0.1) is 11.2 Å². The quantitative estimate of drug-likeness (QED) is 0.603. The van der Waals surface area contributed by atoms with Crippen molar-refractivity contribution in [1.29, 1.82) is 0 Å². The molecule has 2 nitrogen and oxygen atoms in total. The molecule has 2 aliphatic rings. The molecule has 0 amide bonds. The molecule has 0 unspecified atom stereocenters. The second kappa shape index (κ2) is 7.89. The highest BCUT2D eigenvalue weighted by Crippen LogP contribution is 2.40. The summed E-state index contributed by atoms with van der Waals surface area (Å²) in [5.41, 5.74) is -0.516. The number of rotatable bonds is 5. The molecule has 0 radical (unpaired) electrons. The molecule has 2 fully saturated rings. The molecule has 1 saturated heterocycles. The summed E-state index contributed by atoms with van der Waals surface area (Å²) >= 11 is 0. The molecule has 1 aliphatic heterocycles. The molecule has 0 N–H and O–H groups in total. The highest BCUT2D eigenvalue weighted by molar-refractivity contribution is 6.96. The van der Waals surface area contributed by atoms with E-state index in [2.05, 4.69) is 77.2 Å². The van der Waals surface area contributed by atoms with E-state index in [0.29, 0.717) is 0 Å². The number of hydrogen-bond donors (Lipinski definition) is 0. The van der Waals surface area contributed by atoms with E-state index in [4.69, 9.17) is 9.31 Å². The maximum Gasteiger partial charge on any atom is 0.461 e. The molecule has 1 aromatic carbocycles. The second-order valence-electron chi connectivity index (χ2n) is 9.97. The first-order chi connectivity index (χ1) is 12.6. The Morgan fingerprint density at radius 3 is 2.11 bits per heavy atom. The maximum absolute atomic E-state index is 6.37. The largest absolute Gasteiger partial charge is 0.461 e. The zero-order valence-electron chi connectivity index (χ0n) is 18.2. The average molecular weight is 384 g/mol. The predicted octanol–water partition coefficient (Wildman–Crippen LogP) is 5.74. The molecule has 27 heavy (non-hydrogen) atoms. The summed E-state index contributed by atoms with van der Waals surface area (Å²) in [4.78, 5) is 0. The van der Waals surface area contributed by atoms with Crippen molar-refractivity contribution in [2.24, 2.45) is 5.92 Å². The van der Waals surface area contributed by atoms with Crippen molar-refractivity contribution in [3.8, 4) is 0 Å². The van der Waals surface area contributed by atoms with Crippen LogP contribution in [0.25, 0.3) is 0 Å². The van der Waals surface area contributed by atoms with Gasteiger partial charge in [-0.15, -0.1) is 0 Å². The molecule has 1 aromatic rings. The van der Waals surface area contributed by atoms with Crippen LogP contribution in [0.3, 0.4) is 0 Å². The van der Waals surface area contributed by atoms with Crippen LogP contribution in [-0.4, -0.2) is 26.4 Å². The van der Waals surface area contributed by atoms with Crippen LogP contribution in [0.5, 0.6) is 0 Å². The lowest BCUT2D eigenvalue weighted by Crippen LogP contribution is -2.45. The Morgan fingerprint density at radius 2 is 1.56 bits per heavy atom. The van der Waals surface area contributed by atoms with Crippen LogP contribution in [0.1, 0.15) is 59.8 Å². The molecule has 3 rings (SSSR count). The molecular weight excluding hydrogens is 347 g/mol. The summed E-state index contributed by atoms with van der Waals surface area (Å²) < 4.78 is 12.7. The number of benzene rings is 1. The van der Waals surface area contributed by atoms with Crippen molar-refractivity contribution >= 4 is 20.4 Å². The number of allylic oxidation sites excluding steroid dienone is 2. The molecule has 1 heterocycles. The van der Waals surface area contributed by atoms with Crippen LogP contribution < -0.4 is 5.19 Å².